The van der Waals surface area contributed by atoms with Crippen molar-refractivity contribution < 1.29 is 22.8 Å². The maximum absolute atomic E-state index is 14.1. The molecule has 0 aliphatic carbocycles. The van der Waals surface area contributed by atoms with Gasteiger partial charge in [-0.2, -0.15) is 13.2 Å². The molecule has 1 amide bonds. The molecule has 2 aromatic rings. The van der Waals surface area contributed by atoms with Crippen LogP contribution in [0.4, 0.5) is 13.2 Å². The van der Waals surface area contributed by atoms with Gasteiger partial charge in [-0.1, -0.05) is 34.4 Å². The summed E-state index contributed by atoms with van der Waals surface area (Å²) < 4.78 is 42.4. The SMILES string of the molecule is Cc1cc(C2=NO[C@@](c3cc(Cl)cc(Cl)c3)(C(F)(F)F)C2)ccc1C(=O)NC1CNC1. The molecule has 4 rings (SSSR count). The number of aryl methyl sites for hydroxylation is 1. The van der Waals surface area contributed by atoms with Crippen molar-refractivity contribution in [3.05, 3.63) is 68.7 Å². The van der Waals surface area contributed by atoms with Crippen molar-refractivity contribution in [1.82, 2.24) is 10.6 Å². The first-order valence-corrected chi connectivity index (χ1v) is 10.3. The number of halogens is 5. The molecule has 10 heteroatoms. The molecule has 0 spiro atoms. The van der Waals surface area contributed by atoms with Gasteiger partial charge >= 0.3 is 6.18 Å². The van der Waals surface area contributed by atoms with Gasteiger partial charge in [-0.25, -0.2) is 0 Å². The Labute approximate surface area is 186 Å². The van der Waals surface area contributed by atoms with E-state index in [9.17, 15) is 18.0 Å². The molecule has 1 saturated heterocycles. The topological polar surface area (TPSA) is 62.7 Å². The first-order chi connectivity index (χ1) is 14.6. The Morgan fingerprint density at radius 1 is 1.19 bits per heavy atom. The quantitative estimate of drug-likeness (QED) is 0.685. The summed E-state index contributed by atoms with van der Waals surface area (Å²) in [6.07, 6.45) is -5.32. The summed E-state index contributed by atoms with van der Waals surface area (Å²) >= 11 is 11.9. The molecule has 2 aromatic carbocycles. The predicted octanol–water partition coefficient (Wildman–Crippen LogP) is 4.59. The molecule has 0 radical (unpaired) electrons. The summed E-state index contributed by atoms with van der Waals surface area (Å²) in [5.74, 6) is -0.224. The van der Waals surface area contributed by atoms with E-state index in [0.29, 0.717) is 29.8 Å². The lowest BCUT2D eigenvalue weighted by atomic mass is 9.86. The molecule has 31 heavy (non-hydrogen) atoms. The number of alkyl halides is 3. The second-order valence-corrected chi connectivity index (χ2v) is 8.52. The Bertz CT molecular complexity index is 1050. The number of nitrogens with zero attached hydrogens (tertiary/aromatic N) is 1. The fourth-order valence-electron chi connectivity index (χ4n) is 3.60. The third-order valence-electron chi connectivity index (χ3n) is 5.44. The van der Waals surface area contributed by atoms with Crippen LogP contribution in [0.5, 0.6) is 0 Å². The van der Waals surface area contributed by atoms with Crippen molar-refractivity contribution in [1.29, 1.82) is 0 Å². The smallest absolute Gasteiger partial charge is 0.374 e. The Morgan fingerprint density at radius 2 is 1.87 bits per heavy atom. The van der Waals surface area contributed by atoms with Crippen molar-refractivity contribution in [2.24, 2.45) is 5.16 Å². The number of nitrogens with one attached hydrogen (secondary N) is 2. The van der Waals surface area contributed by atoms with Crippen molar-refractivity contribution in [2.75, 3.05) is 13.1 Å². The third kappa shape index (κ3) is 4.12. The highest BCUT2D eigenvalue weighted by Crippen LogP contribution is 2.49. The van der Waals surface area contributed by atoms with Gasteiger partial charge in [0.15, 0.2) is 0 Å². The molecular weight excluding hydrogens is 454 g/mol. The molecule has 164 valence electrons. The van der Waals surface area contributed by atoms with Gasteiger partial charge in [0.25, 0.3) is 11.5 Å². The Morgan fingerprint density at radius 3 is 2.42 bits per heavy atom. The Kier molecular flexibility index (Phi) is 5.66. The largest absolute Gasteiger partial charge is 0.435 e. The summed E-state index contributed by atoms with van der Waals surface area (Å²) in [4.78, 5) is 17.4. The van der Waals surface area contributed by atoms with E-state index in [1.54, 1.807) is 25.1 Å². The number of amides is 1. The van der Waals surface area contributed by atoms with Crippen molar-refractivity contribution >= 4 is 34.8 Å². The fourth-order valence-corrected chi connectivity index (χ4v) is 4.12. The van der Waals surface area contributed by atoms with Crippen molar-refractivity contribution in [3.63, 3.8) is 0 Å². The number of carbonyl (C=O) groups excluding carboxylic acids is 1. The molecule has 5 nitrogen and oxygen atoms in total. The van der Waals surface area contributed by atoms with Gasteiger partial charge < -0.3 is 15.5 Å². The van der Waals surface area contributed by atoms with Crippen LogP contribution in [0.25, 0.3) is 0 Å². The molecule has 1 atom stereocenters. The van der Waals surface area contributed by atoms with E-state index in [1.807, 2.05) is 0 Å². The molecule has 0 aromatic heterocycles. The summed E-state index contributed by atoms with van der Waals surface area (Å²) in [7, 11) is 0. The van der Waals surface area contributed by atoms with Crippen LogP contribution in [0, 0.1) is 6.92 Å². The van der Waals surface area contributed by atoms with Crippen LogP contribution in [0.2, 0.25) is 10.0 Å². The highest BCUT2D eigenvalue weighted by Gasteiger charge is 2.62. The molecule has 2 N–H and O–H groups in total. The zero-order valence-electron chi connectivity index (χ0n) is 16.3. The number of carbonyl (C=O) groups is 1. The average Bonchev–Trinajstić information content (AvgIpc) is 3.10. The van der Waals surface area contributed by atoms with Crippen LogP contribution in [0.3, 0.4) is 0 Å². The number of hydrogen-bond acceptors (Lipinski definition) is 4. The van der Waals surface area contributed by atoms with Gasteiger partial charge in [0.05, 0.1) is 11.8 Å². The van der Waals surface area contributed by atoms with E-state index in [4.69, 9.17) is 28.0 Å². The lowest BCUT2D eigenvalue weighted by molar-refractivity contribution is -0.275. The molecule has 1 fully saturated rings. The monoisotopic (exact) mass is 471 g/mol. The van der Waals surface area contributed by atoms with E-state index in [0.717, 1.165) is 0 Å². The minimum absolute atomic E-state index is 0.0658. The zero-order valence-corrected chi connectivity index (χ0v) is 17.8. The van der Waals surface area contributed by atoms with E-state index in [-0.39, 0.29) is 33.3 Å². The van der Waals surface area contributed by atoms with Crippen LogP contribution < -0.4 is 10.6 Å². The summed E-state index contributed by atoms with van der Waals surface area (Å²) in [6.45, 7) is 3.15. The Hall–Kier alpha value is -2.29. The second kappa shape index (κ2) is 8.00. The Balaban J connectivity index is 1.61. The van der Waals surface area contributed by atoms with Crippen LogP contribution in [0.1, 0.15) is 33.5 Å². The van der Waals surface area contributed by atoms with E-state index in [2.05, 4.69) is 15.8 Å². The molecule has 0 unspecified atom stereocenters. The molecule has 2 heterocycles. The van der Waals surface area contributed by atoms with Gasteiger partial charge in [-0.3, -0.25) is 4.79 Å². The number of oxime groups is 1. The highest BCUT2D eigenvalue weighted by molar-refractivity contribution is 6.34. The zero-order chi connectivity index (χ0) is 22.4. The molecule has 0 bridgehead atoms. The van der Waals surface area contributed by atoms with Crippen LogP contribution in [-0.4, -0.2) is 36.9 Å². The van der Waals surface area contributed by atoms with Gasteiger partial charge in [0.2, 0.25) is 0 Å². The molecule has 2 aliphatic rings. The maximum atomic E-state index is 14.1. The minimum atomic E-state index is -4.77. The number of hydrogen-bond donors (Lipinski definition) is 2. The number of benzene rings is 2. The van der Waals surface area contributed by atoms with Crippen LogP contribution in [-0.2, 0) is 10.4 Å². The molecule has 0 saturated carbocycles. The molecular formula is C21H18Cl2F3N3O2. The van der Waals surface area contributed by atoms with Gasteiger partial charge in [0.1, 0.15) is 0 Å². The predicted molar refractivity (Wildman–Crippen MR) is 112 cm³/mol. The first kappa shape index (κ1) is 21.9. The minimum Gasteiger partial charge on any atom is -0.374 e. The lowest BCUT2D eigenvalue weighted by Gasteiger charge is -2.29. The highest BCUT2D eigenvalue weighted by atomic mass is 35.5. The van der Waals surface area contributed by atoms with E-state index >= 15 is 0 Å². The maximum Gasteiger partial charge on any atom is 0.435 e. The van der Waals surface area contributed by atoms with Gasteiger partial charge in [-0.05, 0) is 48.4 Å². The second-order valence-electron chi connectivity index (χ2n) is 7.65. The molecule has 2 aliphatic heterocycles. The fraction of sp³-hybridized carbons (Fsp3) is 0.333. The van der Waals surface area contributed by atoms with Crippen molar-refractivity contribution in [2.45, 2.75) is 31.2 Å². The third-order valence-corrected chi connectivity index (χ3v) is 5.87. The summed E-state index contributed by atoms with van der Waals surface area (Å²) in [6, 6.07) is 8.56. The normalized spacial score (nSPS) is 21.3. The van der Waals surface area contributed by atoms with Crippen LogP contribution >= 0.6 is 23.2 Å². The van der Waals surface area contributed by atoms with Gasteiger partial charge in [-0.15, -0.1) is 0 Å². The van der Waals surface area contributed by atoms with Crippen molar-refractivity contribution in [3.8, 4) is 0 Å². The standard InChI is InChI=1S/C21H18Cl2F3N3O2/c1-11-4-12(2-3-17(11)19(30)28-16-9-27-10-16)18-8-20(31-29-18,21(24,25)26)13-5-14(22)7-15(23)6-13/h2-7,16,27H,8-10H2,1H3,(H,28,30)/t20-/m0/s1. The van der Waals surface area contributed by atoms with Gasteiger partial charge in [0, 0.05) is 40.7 Å². The average molecular weight is 472 g/mol. The number of rotatable bonds is 4. The first-order valence-electron chi connectivity index (χ1n) is 9.50. The summed E-state index contributed by atoms with van der Waals surface area (Å²) in [5.41, 5.74) is -1.28. The summed E-state index contributed by atoms with van der Waals surface area (Å²) in [5, 5.41) is 9.85. The van der Waals surface area contributed by atoms with Crippen LogP contribution in [0.15, 0.2) is 41.6 Å². The van der Waals surface area contributed by atoms with E-state index < -0.39 is 18.2 Å². The lowest BCUT2D eigenvalue weighted by Crippen LogP contribution is -2.57. The van der Waals surface area contributed by atoms with E-state index in [1.165, 1.54) is 18.2 Å².